The zero-order chi connectivity index (χ0) is 10.6. The molecule has 1 rings (SSSR count). The Morgan fingerprint density at radius 3 is 2.50 bits per heavy atom. The summed E-state index contributed by atoms with van der Waals surface area (Å²) >= 11 is 0. The molecule has 0 aromatic heterocycles. The summed E-state index contributed by atoms with van der Waals surface area (Å²) in [6, 6.07) is 9.39. The topological polar surface area (TPSA) is 3.24 Å². The van der Waals surface area contributed by atoms with Crippen LogP contribution in [0.1, 0.15) is 31.9 Å². The summed E-state index contributed by atoms with van der Waals surface area (Å²) < 4.78 is 0. The van der Waals surface area contributed by atoms with Crippen LogP contribution in [0.5, 0.6) is 0 Å². The molecule has 0 unspecified atom stereocenters. The van der Waals surface area contributed by atoms with Crippen LogP contribution in [0.2, 0.25) is 0 Å². The SMILES string of the molecule is CCN(Cc1cccc(C)c1)C(C)C. The zero-order valence-electron chi connectivity index (χ0n) is 9.75. The van der Waals surface area contributed by atoms with Crippen molar-refractivity contribution in [1.29, 1.82) is 0 Å². The molecular formula is C13H21N. The molecule has 78 valence electrons. The van der Waals surface area contributed by atoms with Gasteiger partial charge in [-0.3, -0.25) is 4.90 Å². The first-order valence-electron chi connectivity index (χ1n) is 5.43. The third-order valence-corrected chi connectivity index (χ3v) is 2.60. The highest BCUT2D eigenvalue weighted by atomic mass is 15.1. The Labute approximate surface area is 87.7 Å². The Hall–Kier alpha value is -0.820. The third kappa shape index (κ3) is 3.15. The van der Waals surface area contributed by atoms with E-state index in [1.165, 1.54) is 11.1 Å². The van der Waals surface area contributed by atoms with Gasteiger partial charge in [0.05, 0.1) is 0 Å². The van der Waals surface area contributed by atoms with Crippen LogP contribution in [0.25, 0.3) is 0 Å². The van der Waals surface area contributed by atoms with E-state index in [1.807, 2.05) is 0 Å². The third-order valence-electron chi connectivity index (χ3n) is 2.60. The Morgan fingerprint density at radius 2 is 2.00 bits per heavy atom. The van der Waals surface area contributed by atoms with Crippen molar-refractivity contribution < 1.29 is 0 Å². The number of benzene rings is 1. The fraction of sp³-hybridized carbons (Fsp3) is 0.538. The molecule has 1 aromatic carbocycles. The smallest absolute Gasteiger partial charge is 0.0236 e. The number of hydrogen-bond acceptors (Lipinski definition) is 1. The van der Waals surface area contributed by atoms with Gasteiger partial charge in [-0.15, -0.1) is 0 Å². The van der Waals surface area contributed by atoms with Gasteiger partial charge in [-0.25, -0.2) is 0 Å². The lowest BCUT2D eigenvalue weighted by atomic mass is 10.1. The van der Waals surface area contributed by atoms with Gasteiger partial charge in [0, 0.05) is 12.6 Å². The van der Waals surface area contributed by atoms with Gasteiger partial charge in [0.1, 0.15) is 0 Å². The van der Waals surface area contributed by atoms with Gasteiger partial charge in [0.15, 0.2) is 0 Å². The number of nitrogens with zero attached hydrogens (tertiary/aromatic N) is 1. The molecule has 0 saturated carbocycles. The van der Waals surface area contributed by atoms with Crippen molar-refractivity contribution in [2.45, 2.75) is 40.3 Å². The minimum Gasteiger partial charge on any atom is -0.297 e. The van der Waals surface area contributed by atoms with Gasteiger partial charge in [-0.05, 0) is 32.9 Å². The predicted molar refractivity (Wildman–Crippen MR) is 62.4 cm³/mol. The van der Waals surface area contributed by atoms with Crippen LogP contribution >= 0.6 is 0 Å². The van der Waals surface area contributed by atoms with Crippen LogP contribution in [0.3, 0.4) is 0 Å². The van der Waals surface area contributed by atoms with Gasteiger partial charge in [-0.1, -0.05) is 36.8 Å². The molecule has 0 N–H and O–H groups in total. The molecule has 0 heterocycles. The minimum absolute atomic E-state index is 0.625. The monoisotopic (exact) mass is 191 g/mol. The van der Waals surface area contributed by atoms with Crippen molar-refractivity contribution in [1.82, 2.24) is 4.90 Å². The van der Waals surface area contributed by atoms with Crippen LogP contribution in [0, 0.1) is 6.92 Å². The van der Waals surface area contributed by atoms with Gasteiger partial charge in [0.25, 0.3) is 0 Å². The van der Waals surface area contributed by atoms with E-state index in [9.17, 15) is 0 Å². The normalized spacial score (nSPS) is 11.3. The first-order valence-corrected chi connectivity index (χ1v) is 5.43. The average molecular weight is 191 g/mol. The molecule has 0 saturated heterocycles. The molecule has 0 aliphatic rings. The van der Waals surface area contributed by atoms with Crippen LogP contribution in [0.15, 0.2) is 24.3 Å². The Morgan fingerprint density at radius 1 is 1.29 bits per heavy atom. The standard InChI is InChI=1S/C13H21N/c1-5-14(11(2)3)10-13-8-6-7-12(4)9-13/h6-9,11H,5,10H2,1-4H3. The average Bonchev–Trinajstić information content (AvgIpc) is 2.14. The van der Waals surface area contributed by atoms with Crippen molar-refractivity contribution in [3.05, 3.63) is 35.4 Å². The summed E-state index contributed by atoms with van der Waals surface area (Å²) in [5.74, 6) is 0. The Kier molecular flexibility index (Phi) is 4.15. The molecule has 0 aliphatic heterocycles. The van der Waals surface area contributed by atoms with E-state index in [4.69, 9.17) is 0 Å². The molecule has 1 nitrogen and oxygen atoms in total. The van der Waals surface area contributed by atoms with Crippen LogP contribution in [0.4, 0.5) is 0 Å². The molecule has 0 spiro atoms. The number of rotatable bonds is 4. The van der Waals surface area contributed by atoms with Crippen molar-refractivity contribution >= 4 is 0 Å². The highest BCUT2D eigenvalue weighted by molar-refractivity contribution is 5.22. The van der Waals surface area contributed by atoms with Crippen molar-refractivity contribution in [3.8, 4) is 0 Å². The summed E-state index contributed by atoms with van der Waals surface area (Å²) in [5.41, 5.74) is 2.77. The lowest BCUT2D eigenvalue weighted by Crippen LogP contribution is -2.29. The van der Waals surface area contributed by atoms with Crippen LogP contribution in [-0.4, -0.2) is 17.5 Å². The number of hydrogen-bond donors (Lipinski definition) is 0. The van der Waals surface area contributed by atoms with Crippen molar-refractivity contribution in [3.63, 3.8) is 0 Å². The Balaban J connectivity index is 2.67. The summed E-state index contributed by atoms with van der Waals surface area (Å²) in [4.78, 5) is 2.47. The second kappa shape index (κ2) is 5.16. The minimum atomic E-state index is 0.625. The maximum Gasteiger partial charge on any atom is 0.0236 e. The van der Waals surface area contributed by atoms with E-state index in [0.717, 1.165) is 13.1 Å². The molecule has 1 aromatic rings. The first-order chi connectivity index (χ1) is 6.63. The summed E-state index contributed by atoms with van der Waals surface area (Å²) in [6.45, 7) is 11.0. The number of aryl methyl sites for hydroxylation is 1. The molecule has 1 heteroatoms. The lowest BCUT2D eigenvalue weighted by Gasteiger charge is -2.24. The van der Waals surface area contributed by atoms with Gasteiger partial charge in [0.2, 0.25) is 0 Å². The highest BCUT2D eigenvalue weighted by Crippen LogP contribution is 2.09. The van der Waals surface area contributed by atoms with E-state index in [0.29, 0.717) is 6.04 Å². The molecule has 0 aliphatic carbocycles. The Bertz CT molecular complexity index is 278. The summed E-state index contributed by atoms with van der Waals surface area (Å²) in [6.07, 6.45) is 0. The fourth-order valence-electron chi connectivity index (χ4n) is 1.70. The fourth-order valence-corrected chi connectivity index (χ4v) is 1.70. The lowest BCUT2D eigenvalue weighted by molar-refractivity contribution is 0.225. The van der Waals surface area contributed by atoms with Gasteiger partial charge >= 0.3 is 0 Å². The van der Waals surface area contributed by atoms with Crippen LogP contribution in [-0.2, 0) is 6.54 Å². The maximum absolute atomic E-state index is 2.47. The van der Waals surface area contributed by atoms with Gasteiger partial charge in [-0.2, -0.15) is 0 Å². The molecular weight excluding hydrogens is 170 g/mol. The molecule has 14 heavy (non-hydrogen) atoms. The highest BCUT2D eigenvalue weighted by Gasteiger charge is 2.06. The van der Waals surface area contributed by atoms with Crippen molar-refractivity contribution in [2.75, 3.05) is 6.54 Å². The maximum atomic E-state index is 2.47. The van der Waals surface area contributed by atoms with E-state index < -0.39 is 0 Å². The second-order valence-corrected chi connectivity index (χ2v) is 4.15. The summed E-state index contributed by atoms with van der Waals surface area (Å²) in [7, 11) is 0. The molecule has 0 radical (unpaired) electrons. The molecule has 0 atom stereocenters. The van der Waals surface area contributed by atoms with Crippen LogP contribution < -0.4 is 0 Å². The largest absolute Gasteiger partial charge is 0.297 e. The van der Waals surface area contributed by atoms with E-state index in [-0.39, 0.29) is 0 Å². The predicted octanol–water partition coefficient (Wildman–Crippen LogP) is 3.23. The van der Waals surface area contributed by atoms with Crippen molar-refractivity contribution in [2.24, 2.45) is 0 Å². The zero-order valence-corrected chi connectivity index (χ0v) is 9.75. The summed E-state index contributed by atoms with van der Waals surface area (Å²) in [5, 5.41) is 0. The van der Waals surface area contributed by atoms with Gasteiger partial charge < -0.3 is 0 Å². The first kappa shape index (κ1) is 11.3. The second-order valence-electron chi connectivity index (χ2n) is 4.15. The van der Waals surface area contributed by atoms with E-state index in [2.05, 4.69) is 56.9 Å². The molecule has 0 bridgehead atoms. The van der Waals surface area contributed by atoms with E-state index in [1.54, 1.807) is 0 Å². The molecule has 0 amide bonds. The van der Waals surface area contributed by atoms with E-state index >= 15 is 0 Å². The molecule has 0 fully saturated rings. The quantitative estimate of drug-likeness (QED) is 0.706.